The molecule has 1 unspecified atom stereocenters. The molecule has 0 amide bonds. The summed E-state index contributed by atoms with van der Waals surface area (Å²) in [5.41, 5.74) is 2.38. The van der Waals surface area contributed by atoms with Gasteiger partial charge in [0.25, 0.3) is 0 Å². The van der Waals surface area contributed by atoms with Crippen molar-refractivity contribution in [3.63, 3.8) is 0 Å². The minimum atomic E-state index is -3.83. The summed E-state index contributed by atoms with van der Waals surface area (Å²) in [5.74, 6) is 5.64. The van der Waals surface area contributed by atoms with Gasteiger partial charge in [-0.05, 0) is 61.4 Å². The van der Waals surface area contributed by atoms with Gasteiger partial charge < -0.3 is 0 Å². The number of hydroxylamine groups is 2. The molecule has 1 heterocycles. The van der Waals surface area contributed by atoms with E-state index in [-0.39, 0.29) is 16.0 Å². The van der Waals surface area contributed by atoms with Crippen molar-refractivity contribution in [1.29, 1.82) is 0 Å². The van der Waals surface area contributed by atoms with E-state index in [1.54, 1.807) is 35.0 Å². The van der Waals surface area contributed by atoms with Crippen LogP contribution in [0.2, 0.25) is 0 Å². The molecular weight excluding hydrogens is 471 g/mol. The van der Waals surface area contributed by atoms with Gasteiger partial charge in [-0.1, -0.05) is 29.9 Å². The minimum absolute atomic E-state index is 0.0209. The normalized spacial score (nSPS) is 12.0. The molecule has 11 heteroatoms. The maximum Gasteiger partial charge on any atom is 0.238 e. The first-order valence-electron chi connectivity index (χ1n) is 9.18. The fourth-order valence-electron chi connectivity index (χ4n) is 2.67. The van der Waals surface area contributed by atoms with Crippen LogP contribution in [0, 0.1) is 17.7 Å². The minimum Gasteiger partial charge on any atom is -0.287 e. The highest BCUT2D eigenvalue weighted by Crippen LogP contribution is 2.25. The van der Waals surface area contributed by atoms with Gasteiger partial charge in [0.05, 0.1) is 21.5 Å². The molecule has 2 aromatic carbocycles. The summed E-state index contributed by atoms with van der Waals surface area (Å²) in [6, 6.07) is 13.6. The number of rotatable bonds is 4. The molecule has 0 saturated carbocycles. The molecule has 0 saturated heterocycles. The van der Waals surface area contributed by atoms with Crippen molar-refractivity contribution in [1.82, 2.24) is 14.8 Å². The van der Waals surface area contributed by atoms with Gasteiger partial charge in [0.15, 0.2) is 4.32 Å². The summed E-state index contributed by atoms with van der Waals surface area (Å²) in [7, 11) is -2.39. The summed E-state index contributed by atoms with van der Waals surface area (Å²) in [4.78, 5) is -0.0209. The Morgan fingerprint density at radius 1 is 1.25 bits per heavy atom. The molecule has 0 radical (unpaired) electrons. The van der Waals surface area contributed by atoms with Gasteiger partial charge in [-0.2, -0.15) is 5.10 Å². The van der Waals surface area contributed by atoms with E-state index in [2.05, 4.69) is 16.9 Å². The third-order valence-corrected chi connectivity index (χ3v) is 6.62. The molecule has 0 bridgehead atoms. The van der Waals surface area contributed by atoms with E-state index in [0.717, 1.165) is 5.06 Å². The average Bonchev–Trinajstić information content (AvgIpc) is 3.16. The second-order valence-corrected chi connectivity index (χ2v) is 10.2. The van der Waals surface area contributed by atoms with Crippen LogP contribution in [0.3, 0.4) is 0 Å². The summed E-state index contributed by atoms with van der Waals surface area (Å²) >= 11 is 6.28. The van der Waals surface area contributed by atoms with Gasteiger partial charge in [-0.3, -0.25) is 5.21 Å². The van der Waals surface area contributed by atoms with Crippen LogP contribution in [-0.4, -0.2) is 45.1 Å². The lowest BCUT2D eigenvalue weighted by Gasteiger charge is -2.11. The number of nitrogens with zero attached hydrogens (tertiary/aromatic N) is 3. The molecule has 1 aromatic heterocycles. The Hall–Kier alpha value is -2.75. The molecule has 3 N–H and O–H groups in total. The lowest BCUT2D eigenvalue weighted by molar-refractivity contribution is 0.0205. The molecule has 0 aliphatic rings. The van der Waals surface area contributed by atoms with Crippen LogP contribution in [0.25, 0.3) is 16.9 Å². The maximum atomic E-state index is 13.4. The van der Waals surface area contributed by atoms with Crippen molar-refractivity contribution in [3.05, 3.63) is 66.1 Å². The van der Waals surface area contributed by atoms with E-state index in [4.69, 9.17) is 17.4 Å². The number of aromatic nitrogens is 2. The summed E-state index contributed by atoms with van der Waals surface area (Å²) < 4.78 is 38.4. The van der Waals surface area contributed by atoms with Crippen molar-refractivity contribution in [2.45, 2.75) is 17.1 Å². The SMILES string of the molecule is CC(C#Cc1cc(-c2ccc(F)cc2)n(-c2ccc(S(N)(=O)=O)cc2)n1)SC(=S)N(C)O. The van der Waals surface area contributed by atoms with Gasteiger partial charge in [0.1, 0.15) is 11.5 Å². The van der Waals surface area contributed by atoms with E-state index in [0.29, 0.717) is 27.0 Å². The third kappa shape index (κ3) is 5.93. The first kappa shape index (κ1) is 23.9. The lowest BCUT2D eigenvalue weighted by atomic mass is 10.1. The highest BCUT2D eigenvalue weighted by molar-refractivity contribution is 8.23. The molecule has 0 aliphatic carbocycles. The molecule has 7 nitrogen and oxygen atoms in total. The van der Waals surface area contributed by atoms with Crippen LogP contribution in [0.5, 0.6) is 0 Å². The Kier molecular flexibility index (Phi) is 7.33. The van der Waals surface area contributed by atoms with Crippen molar-refractivity contribution in [3.8, 4) is 28.8 Å². The Labute approximate surface area is 195 Å². The molecule has 3 rings (SSSR count). The van der Waals surface area contributed by atoms with Crippen LogP contribution in [0.4, 0.5) is 4.39 Å². The van der Waals surface area contributed by atoms with Crippen molar-refractivity contribution in [2.24, 2.45) is 5.14 Å². The Morgan fingerprint density at radius 2 is 1.88 bits per heavy atom. The second kappa shape index (κ2) is 9.81. The third-order valence-electron chi connectivity index (χ3n) is 4.20. The zero-order valence-corrected chi connectivity index (χ0v) is 19.5. The molecule has 0 spiro atoms. The van der Waals surface area contributed by atoms with Gasteiger partial charge in [0, 0.05) is 18.7 Å². The number of thiocarbonyl (C=S) groups is 1. The number of primary sulfonamides is 1. The fourth-order valence-corrected chi connectivity index (χ4v) is 4.20. The van der Waals surface area contributed by atoms with E-state index in [1.807, 2.05) is 6.92 Å². The largest absolute Gasteiger partial charge is 0.287 e. The molecule has 166 valence electrons. The summed E-state index contributed by atoms with van der Waals surface area (Å²) in [6.07, 6.45) is 0. The van der Waals surface area contributed by atoms with Crippen molar-refractivity contribution >= 4 is 38.3 Å². The standard InChI is InChI=1S/C21H19FN4O3S3/c1-14(31-21(30)25(2)27)3-8-17-13-20(15-4-6-16(22)7-5-15)26(24-17)18-9-11-19(12-10-18)32(23,28)29/h4-7,9-14,27H,1-2H3,(H2,23,28,29). The first-order chi connectivity index (χ1) is 15.0. The second-order valence-electron chi connectivity index (χ2n) is 6.69. The lowest BCUT2D eigenvalue weighted by Crippen LogP contribution is -2.18. The van der Waals surface area contributed by atoms with Gasteiger partial charge in [0.2, 0.25) is 10.0 Å². The summed E-state index contributed by atoms with van der Waals surface area (Å²) in [6.45, 7) is 1.84. The molecule has 0 aliphatic heterocycles. The van der Waals surface area contributed by atoms with Crippen LogP contribution in [0.1, 0.15) is 12.6 Å². The van der Waals surface area contributed by atoms with Crippen LogP contribution in [0.15, 0.2) is 59.5 Å². The smallest absolute Gasteiger partial charge is 0.238 e. The Bertz CT molecular complexity index is 1290. The van der Waals surface area contributed by atoms with Crippen molar-refractivity contribution < 1.29 is 18.0 Å². The molecular formula is C21H19FN4O3S3. The summed E-state index contributed by atoms with van der Waals surface area (Å²) in [5, 5.41) is 19.7. The zero-order chi connectivity index (χ0) is 23.5. The van der Waals surface area contributed by atoms with Gasteiger partial charge in [-0.15, -0.1) is 0 Å². The number of hydrogen-bond acceptors (Lipinski definition) is 6. The van der Waals surface area contributed by atoms with Gasteiger partial charge in [-0.25, -0.2) is 27.7 Å². The predicted octanol–water partition coefficient (Wildman–Crippen LogP) is 3.40. The molecule has 3 aromatic rings. The molecule has 32 heavy (non-hydrogen) atoms. The topological polar surface area (TPSA) is 101 Å². The monoisotopic (exact) mass is 490 g/mol. The van der Waals surface area contributed by atoms with E-state index in [9.17, 15) is 18.0 Å². The number of nitrogens with two attached hydrogens (primary N) is 1. The number of hydrogen-bond donors (Lipinski definition) is 2. The molecule has 0 fully saturated rings. The maximum absolute atomic E-state index is 13.4. The Morgan fingerprint density at radius 3 is 2.44 bits per heavy atom. The number of sulfonamides is 1. The van der Waals surface area contributed by atoms with E-state index >= 15 is 0 Å². The fraction of sp³-hybridized carbons (Fsp3) is 0.143. The van der Waals surface area contributed by atoms with Crippen molar-refractivity contribution in [2.75, 3.05) is 7.05 Å². The molecule has 1 atom stereocenters. The van der Waals surface area contributed by atoms with E-state index in [1.165, 1.54) is 43.1 Å². The number of benzene rings is 2. The highest BCUT2D eigenvalue weighted by atomic mass is 32.2. The number of halogens is 1. The quantitative estimate of drug-likeness (QED) is 0.328. The predicted molar refractivity (Wildman–Crippen MR) is 126 cm³/mol. The van der Waals surface area contributed by atoms with E-state index < -0.39 is 10.0 Å². The average molecular weight is 491 g/mol. The van der Waals surface area contributed by atoms with Crippen LogP contribution in [-0.2, 0) is 10.0 Å². The van der Waals surface area contributed by atoms with Gasteiger partial charge >= 0.3 is 0 Å². The Balaban J connectivity index is 2.01. The zero-order valence-electron chi connectivity index (χ0n) is 17.1. The first-order valence-corrected chi connectivity index (χ1v) is 12.0. The highest BCUT2D eigenvalue weighted by Gasteiger charge is 2.14. The number of thioether (sulfide) groups is 1. The van der Waals surface area contributed by atoms with Crippen LogP contribution >= 0.6 is 24.0 Å². The van der Waals surface area contributed by atoms with Crippen LogP contribution < -0.4 is 5.14 Å².